The maximum Gasteiger partial charge on any atom is 0.204 e. The Morgan fingerprint density at radius 1 is 1.62 bits per heavy atom. The summed E-state index contributed by atoms with van der Waals surface area (Å²) in [4.78, 5) is 0. The van der Waals surface area contributed by atoms with Gasteiger partial charge in [0.2, 0.25) is 4.34 Å². The molecule has 0 aliphatic heterocycles. The molecule has 3 nitrogen and oxygen atoms in total. The van der Waals surface area contributed by atoms with Crippen molar-refractivity contribution in [3.8, 4) is 0 Å². The van der Waals surface area contributed by atoms with Crippen LogP contribution in [0.1, 0.15) is 5.01 Å². The van der Waals surface area contributed by atoms with Gasteiger partial charge in [0.15, 0.2) is 0 Å². The molecule has 0 amide bonds. The predicted octanol–water partition coefficient (Wildman–Crippen LogP) is 0.587. The first-order valence-corrected chi connectivity index (χ1v) is 3.15. The normalized spacial score (nSPS) is 9.62. The van der Waals surface area contributed by atoms with Gasteiger partial charge in [-0.1, -0.05) is 11.3 Å². The van der Waals surface area contributed by atoms with Crippen LogP contribution in [0.25, 0.3) is 0 Å². The average molecular weight is 147 g/mol. The molecule has 0 aliphatic carbocycles. The molecule has 1 N–H and O–H groups in total. The summed E-state index contributed by atoms with van der Waals surface area (Å²) in [5, 5.41) is 16.1. The van der Waals surface area contributed by atoms with E-state index in [0.29, 0.717) is 9.35 Å². The molecular formula is C3H3N2OS2. The Morgan fingerprint density at radius 2 is 2.38 bits per heavy atom. The zero-order valence-electron chi connectivity index (χ0n) is 3.87. The second kappa shape index (κ2) is 2.34. The summed E-state index contributed by atoms with van der Waals surface area (Å²) in [5.74, 6) is 0. The van der Waals surface area contributed by atoms with Crippen LogP contribution >= 0.6 is 24.0 Å². The fourth-order valence-corrected chi connectivity index (χ4v) is 1.06. The first kappa shape index (κ1) is 5.87. The van der Waals surface area contributed by atoms with Crippen LogP contribution in [0.4, 0.5) is 0 Å². The van der Waals surface area contributed by atoms with Gasteiger partial charge in [0, 0.05) is 0 Å². The zero-order valence-corrected chi connectivity index (χ0v) is 5.50. The highest BCUT2D eigenvalue weighted by Crippen LogP contribution is 2.11. The number of nitrogens with zero attached hydrogens (tertiary/aromatic N) is 2. The van der Waals surface area contributed by atoms with Crippen LogP contribution in [0.3, 0.4) is 0 Å². The van der Waals surface area contributed by atoms with Crippen molar-refractivity contribution in [2.24, 2.45) is 0 Å². The summed E-state index contributed by atoms with van der Waals surface area (Å²) in [6.07, 6.45) is 0. The highest BCUT2D eigenvalue weighted by molar-refractivity contribution is 7.82. The summed E-state index contributed by atoms with van der Waals surface area (Å²) >= 11 is 5.86. The third-order valence-corrected chi connectivity index (χ3v) is 1.62. The predicted molar refractivity (Wildman–Crippen MR) is 31.7 cm³/mol. The molecule has 0 spiro atoms. The minimum atomic E-state index is -0.0612. The number of aliphatic hydroxyl groups excluding tert-OH is 1. The SMILES string of the molecule is OCc1nnc([S])s1. The third-order valence-electron chi connectivity index (χ3n) is 0.584. The van der Waals surface area contributed by atoms with Crippen LogP contribution < -0.4 is 0 Å². The van der Waals surface area contributed by atoms with Gasteiger partial charge in [0.1, 0.15) is 5.01 Å². The quantitative estimate of drug-likeness (QED) is 0.632. The first-order chi connectivity index (χ1) is 3.83. The molecule has 1 radical (unpaired) electrons. The minimum absolute atomic E-state index is 0.0612. The molecule has 1 aromatic rings. The fraction of sp³-hybridized carbons (Fsp3) is 0.333. The Kier molecular flexibility index (Phi) is 1.72. The number of aromatic nitrogens is 2. The molecule has 0 atom stereocenters. The summed E-state index contributed by atoms with van der Waals surface area (Å²) in [6, 6.07) is 0. The molecule has 43 valence electrons. The lowest BCUT2D eigenvalue weighted by Crippen LogP contribution is -1.78. The average Bonchev–Trinajstić information content (AvgIpc) is 2.14. The van der Waals surface area contributed by atoms with E-state index in [1.807, 2.05) is 0 Å². The third kappa shape index (κ3) is 1.12. The van der Waals surface area contributed by atoms with Crippen LogP contribution in [0.15, 0.2) is 4.34 Å². The summed E-state index contributed by atoms with van der Waals surface area (Å²) < 4.78 is 0.481. The van der Waals surface area contributed by atoms with Crippen LogP contribution in [-0.4, -0.2) is 15.3 Å². The van der Waals surface area contributed by atoms with Crippen LogP contribution in [0.5, 0.6) is 0 Å². The van der Waals surface area contributed by atoms with Crippen molar-refractivity contribution < 1.29 is 5.11 Å². The van der Waals surface area contributed by atoms with Gasteiger partial charge in [0.25, 0.3) is 0 Å². The van der Waals surface area contributed by atoms with E-state index in [4.69, 9.17) is 5.11 Å². The van der Waals surface area contributed by atoms with E-state index >= 15 is 0 Å². The highest BCUT2D eigenvalue weighted by atomic mass is 32.2. The largest absolute Gasteiger partial charge is 0.389 e. The van der Waals surface area contributed by atoms with Gasteiger partial charge < -0.3 is 5.11 Å². The molecule has 5 heteroatoms. The summed E-state index contributed by atoms with van der Waals surface area (Å²) in [7, 11) is 0. The molecule has 0 saturated heterocycles. The molecule has 0 aromatic carbocycles. The van der Waals surface area contributed by atoms with Gasteiger partial charge in [0.05, 0.1) is 6.61 Å². The van der Waals surface area contributed by atoms with Gasteiger partial charge in [-0.15, -0.1) is 10.2 Å². The van der Waals surface area contributed by atoms with Crippen LogP contribution in [0, 0.1) is 0 Å². The lowest BCUT2D eigenvalue weighted by Gasteiger charge is -1.75. The maximum atomic E-state index is 8.41. The number of hydrogen-bond donors (Lipinski definition) is 1. The molecule has 0 bridgehead atoms. The molecule has 0 unspecified atom stereocenters. The molecule has 1 aromatic heterocycles. The molecule has 8 heavy (non-hydrogen) atoms. The molecule has 0 saturated carbocycles. The Hall–Kier alpha value is -0.260. The Morgan fingerprint density at radius 3 is 2.62 bits per heavy atom. The van der Waals surface area contributed by atoms with Crippen molar-refractivity contribution in [1.29, 1.82) is 0 Å². The van der Waals surface area contributed by atoms with Gasteiger partial charge in [-0.2, -0.15) is 0 Å². The first-order valence-electron chi connectivity index (χ1n) is 1.93. The summed E-state index contributed by atoms with van der Waals surface area (Å²) in [5.41, 5.74) is 0. The van der Waals surface area contributed by atoms with Crippen molar-refractivity contribution in [2.45, 2.75) is 10.9 Å². The second-order valence-corrected chi connectivity index (χ2v) is 2.83. The van der Waals surface area contributed by atoms with E-state index in [1.165, 1.54) is 11.3 Å². The van der Waals surface area contributed by atoms with Crippen molar-refractivity contribution >= 4 is 24.0 Å². The molecule has 1 rings (SSSR count). The van der Waals surface area contributed by atoms with Gasteiger partial charge in [-0.05, 0) is 12.6 Å². The van der Waals surface area contributed by atoms with E-state index in [1.54, 1.807) is 0 Å². The smallest absolute Gasteiger partial charge is 0.204 e. The summed E-state index contributed by atoms with van der Waals surface area (Å²) in [6.45, 7) is -0.0612. The van der Waals surface area contributed by atoms with E-state index in [9.17, 15) is 0 Å². The maximum absolute atomic E-state index is 8.41. The lowest BCUT2D eigenvalue weighted by molar-refractivity contribution is 0.280. The van der Waals surface area contributed by atoms with Gasteiger partial charge in [-0.3, -0.25) is 0 Å². The van der Waals surface area contributed by atoms with Crippen molar-refractivity contribution in [2.75, 3.05) is 0 Å². The van der Waals surface area contributed by atoms with E-state index in [-0.39, 0.29) is 6.61 Å². The highest BCUT2D eigenvalue weighted by Gasteiger charge is 1.96. The standard InChI is InChI=1S/C3H3N2OS2/c6-1-2-4-5-3(7)8-2/h6H,1H2. The Balaban J connectivity index is 2.84. The van der Waals surface area contributed by atoms with Crippen molar-refractivity contribution in [1.82, 2.24) is 10.2 Å². The van der Waals surface area contributed by atoms with E-state index in [0.717, 1.165) is 0 Å². The molecule has 1 heterocycles. The van der Waals surface area contributed by atoms with Gasteiger partial charge >= 0.3 is 0 Å². The number of hydrogen-bond acceptors (Lipinski definition) is 4. The monoisotopic (exact) mass is 147 g/mol. The Bertz CT molecular complexity index is 176. The molecular weight excluding hydrogens is 144 g/mol. The Labute approximate surface area is 55.8 Å². The lowest BCUT2D eigenvalue weighted by atomic mass is 10.8. The zero-order chi connectivity index (χ0) is 5.98. The van der Waals surface area contributed by atoms with Crippen molar-refractivity contribution in [3.63, 3.8) is 0 Å². The van der Waals surface area contributed by atoms with E-state index < -0.39 is 0 Å². The molecule has 0 aliphatic rings. The number of rotatable bonds is 1. The topological polar surface area (TPSA) is 46.0 Å². The minimum Gasteiger partial charge on any atom is -0.389 e. The number of aliphatic hydroxyl groups is 1. The van der Waals surface area contributed by atoms with Gasteiger partial charge in [-0.25, -0.2) is 0 Å². The molecule has 0 fully saturated rings. The fourth-order valence-electron chi connectivity index (χ4n) is 0.302. The second-order valence-electron chi connectivity index (χ2n) is 1.12. The van der Waals surface area contributed by atoms with Crippen LogP contribution in [-0.2, 0) is 6.61 Å². The van der Waals surface area contributed by atoms with E-state index in [2.05, 4.69) is 22.8 Å². The van der Waals surface area contributed by atoms with Crippen molar-refractivity contribution in [3.05, 3.63) is 5.01 Å². The van der Waals surface area contributed by atoms with Crippen LogP contribution in [0.2, 0.25) is 0 Å².